The summed E-state index contributed by atoms with van der Waals surface area (Å²) in [7, 11) is -3.85. The number of nitrogens with one attached hydrogen (secondary N) is 2. The zero-order valence-electron chi connectivity index (χ0n) is 17.5. The van der Waals surface area contributed by atoms with E-state index in [1.807, 2.05) is 0 Å². The third-order valence-corrected chi connectivity index (χ3v) is 8.36. The van der Waals surface area contributed by atoms with Crippen molar-refractivity contribution in [1.82, 2.24) is 9.62 Å². The van der Waals surface area contributed by atoms with Crippen LogP contribution in [-0.4, -0.2) is 43.5 Å². The number of sulfonamides is 1. The van der Waals surface area contributed by atoms with E-state index in [4.69, 9.17) is 0 Å². The third kappa shape index (κ3) is 4.97. The summed E-state index contributed by atoms with van der Waals surface area (Å²) < 4.78 is 40.8. The van der Waals surface area contributed by atoms with Gasteiger partial charge in [-0.25, -0.2) is 17.5 Å². The fraction of sp³-hybridized carbons (Fsp3) is 0.364. The number of hydrogen-bond donors (Lipinski definition) is 2. The molecule has 10 heteroatoms. The maximum atomic E-state index is 13.0. The van der Waals surface area contributed by atoms with Crippen LogP contribution in [0.3, 0.4) is 0 Å². The van der Waals surface area contributed by atoms with Gasteiger partial charge in [0.1, 0.15) is 5.82 Å². The molecule has 170 valence electrons. The molecule has 0 saturated carbocycles. The first-order chi connectivity index (χ1) is 15.2. The van der Waals surface area contributed by atoms with Gasteiger partial charge in [-0.1, -0.05) is 19.1 Å². The summed E-state index contributed by atoms with van der Waals surface area (Å²) in [6.07, 6.45) is 1.85. The molecule has 0 radical (unpaired) electrons. The lowest BCUT2D eigenvalue weighted by molar-refractivity contribution is -0.135. The molecule has 2 amide bonds. The number of piperidine rings is 1. The normalized spacial score (nSPS) is 19.4. The van der Waals surface area contributed by atoms with E-state index in [0.29, 0.717) is 35.2 Å². The van der Waals surface area contributed by atoms with Gasteiger partial charge in [0.25, 0.3) is 0 Å². The first kappa shape index (κ1) is 22.8. The van der Waals surface area contributed by atoms with Crippen LogP contribution in [0.25, 0.3) is 0 Å². The van der Waals surface area contributed by atoms with Gasteiger partial charge in [-0.15, -0.1) is 11.8 Å². The zero-order valence-corrected chi connectivity index (χ0v) is 19.1. The minimum absolute atomic E-state index is 0.00550. The second kappa shape index (κ2) is 9.21. The topological polar surface area (TPSA) is 95.6 Å². The SMILES string of the molecule is CC1CCN(C(=O)C2Sc3ccc(S(=O)(=O)NCc4ccc(F)cc4)cc3NC2=O)CC1. The van der Waals surface area contributed by atoms with Gasteiger partial charge in [0.15, 0.2) is 5.25 Å². The second-order valence-corrected chi connectivity index (χ2v) is 11.0. The Morgan fingerprint density at radius 1 is 1.19 bits per heavy atom. The fourth-order valence-corrected chi connectivity index (χ4v) is 5.77. The van der Waals surface area contributed by atoms with E-state index in [9.17, 15) is 22.4 Å². The Morgan fingerprint density at radius 2 is 1.88 bits per heavy atom. The molecule has 1 fully saturated rings. The molecule has 0 spiro atoms. The Bertz CT molecular complexity index is 1130. The molecule has 0 bridgehead atoms. The molecule has 32 heavy (non-hydrogen) atoms. The maximum Gasteiger partial charge on any atom is 0.247 e. The molecular formula is C22H24FN3O4S2. The van der Waals surface area contributed by atoms with Gasteiger partial charge in [0.05, 0.1) is 10.6 Å². The molecule has 2 heterocycles. The quantitative estimate of drug-likeness (QED) is 0.646. The van der Waals surface area contributed by atoms with Crippen molar-refractivity contribution in [2.75, 3.05) is 18.4 Å². The summed E-state index contributed by atoms with van der Waals surface area (Å²) in [5.41, 5.74) is 0.978. The number of thioether (sulfide) groups is 1. The number of amides is 2. The van der Waals surface area contributed by atoms with Gasteiger partial charge in [0, 0.05) is 24.5 Å². The van der Waals surface area contributed by atoms with E-state index < -0.39 is 27.0 Å². The van der Waals surface area contributed by atoms with Crippen LogP contribution in [0.4, 0.5) is 10.1 Å². The highest BCUT2D eigenvalue weighted by Gasteiger charge is 2.37. The van der Waals surface area contributed by atoms with Crippen LogP contribution in [0.1, 0.15) is 25.3 Å². The number of carbonyl (C=O) groups excluding carboxylic acids is 2. The predicted molar refractivity (Wildman–Crippen MR) is 120 cm³/mol. The average Bonchev–Trinajstić information content (AvgIpc) is 2.78. The summed E-state index contributed by atoms with van der Waals surface area (Å²) in [6.45, 7) is 3.45. The summed E-state index contributed by atoms with van der Waals surface area (Å²) in [5.74, 6) is -0.474. The van der Waals surface area contributed by atoms with Crippen LogP contribution < -0.4 is 10.0 Å². The Hall–Kier alpha value is -2.43. The molecule has 0 aliphatic carbocycles. The van der Waals surface area contributed by atoms with Gasteiger partial charge < -0.3 is 10.2 Å². The minimum atomic E-state index is -3.85. The molecule has 2 N–H and O–H groups in total. The lowest BCUT2D eigenvalue weighted by atomic mass is 9.99. The molecule has 0 aromatic heterocycles. The Kier molecular flexibility index (Phi) is 6.55. The van der Waals surface area contributed by atoms with Crippen LogP contribution in [0, 0.1) is 11.7 Å². The van der Waals surface area contributed by atoms with Crippen molar-refractivity contribution in [2.45, 2.75) is 41.4 Å². The van der Waals surface area contributed by atoms with E-state index >= 15 is 0 Å². The molecule has 2 aromatic carbocycles. The summed E-state index contributed by atoms with van der Waals surface area (Å²) in [6, 6.07) is 9.96. The highest BCUT2D eigenvalue weighted by Crippen LogP contribution is 2.38. The predicted octanol–water partition coefficient (Wildman–Crippen LogP) is 2.98. The second-order valence-electron chi connectivity index (χ2n) is 8.10. The number of nitrogens with zero attached hydrogens (tertiary/aromatic N) is 1. The van der Waals surface area contributed by atoms with Crippen molar-refractivity contribution < 1.29 is 22.4 Å². The standard InChI is InChI=1S/C22H24FN3O4S2/c1-14-8-10-26(11-9-14)22(28)20-21(27)25-18-12-17(6-7-19(18)31-20)32(29,30)24-13-15-2-4-16(23)5-3-15/h2-7,12,14,20,24H,8-11,13H2,1H3,(H,25,27). The summed E-state index contributed by atoms with van der Waals surface area (Å²) in [4.78, 5) is 27.9. The highest BCUT2D eigenvalue weighted by atomic mass is 32.2. The Morgan fingerprint density at radius 3 is 2.56 bits per heavy atom. The number of benzene rings is 2. The lowest BCUT2D eigenvalue weighted by Crippen LogP contribution is -2.47. The number of anilines is 1. The van der Waals surface area contributed by atoms with Crippen molar-refractivity contribution in [1.29, 1.82) is 0 Å². The molecule has 7 nitrogen and oxygen atoms in total. The highest BCUT2D eigenvalue weighted by molar-refractivity contribution is 8.01. The van der Waals surface area contributed by atoms with E-state index in [-0.39, 0.29) is 17.3 Å². The molecule has 1 unspecified atom stereocenters. The number of halogens is 1. The number of fused-ring (bicyclic) bond motifs is 1. The molecule has 1 saturated heterocycles. The molecule has 2 aliphatic rings. The molecule has 1 atom stereocenters. The van der Waals surface area contributed by atoms with E-state index in [1.165, 1.54) is 36.4 Å². The van der Waals surface area contributed by atoms with E-state index in [1.54, 1.807) is 11.0 Å². The van der Waals surface area contributed by atoms with Gasteiger partial charge >= 0.3 is 0 Å². The first-order valence-corrected chi connectivity index (χ1v) is 12.7. The van der Waals surface area contributed by atoms with Crippen LogP contribution in [0.2, 0.25) is 0 Å². The largest absolute Gasteiger partial charge is 0.341 e. The van der Waals surface area contributed by atoms with Crippen molar-refractivity contribution in [3.05, 3.63) is 53.8 Å². The van der Waals surface area contributed by atoms with E-state index in [2.05, 4.69) is 17.0 Å². The number of rotatable bonds is 5. The Labute approximate surface area is 190 Å². The van der Waals surface area contributed by atoms with Gasteiger partial charge in [-0.05, 0) is 54.7 Å². The first-order valence-electron chi connectivity index (χ1n) is 10.4. The Balaban J connectivity index is 1.46. The van der Waals surface area contributed by atoms with Gasteiger partial charge in [-0.2, -0.15) is 0 Å². The monoisotopic (exact) mass is 477 g/mol. The van der Waals surface area contributed by atoms with Gasteiger partial charge in [0.2, 0.25) is 21.8 Å². The van der Waals surface area contributed by atoms with Crippen LogP contribution in [0.5, 0.6) is 0 Å². The summed E-state index contributed by atoms with van der Waals surface area (Å²) in [5, 5.41) is 1.81. The smallest absolute Gasteiger partial charge is 0.247 e. The number of likely N-dealkylation sites (tertiary alicyclic amines) is 1. The fourth-order valence-electron chi connectivity index (χ4n) is 3.68. The average molecular weight is 478 g/mol. The number of hydrogen-bond acceptors (Lipinski definition) is 5. The van der Waals surface area contributed by atoms with Crippen LogP contribution in [-0.2, 0) is 26.2 Å². The minimum Gasteiger partial charge on any atom is -0.341 e. The van der Waals surface area contributed by atoms with Crippen LogP contribution in [0.15, 0.2) is 52.3 Å². The third-order valence-electron chi connectivity index (χ3n) is 5.70. The maximum absolute atomic E-state index is 13.0. The molecule has 2 aromatic rings. The van der Waals surface area contributed by atoms with Crippen molar-refractivity contribution in [2.24, 2.45) is 5.92 Å². The van der Waals surface area contributed by atoms with Crippen LogP contribution >= 0.6 is 11.8 Å². The van der Waals surface area contributed by atoms with E-state index in [0.717, 1.165) is 24.6 Å². The van der Waals surface area contributed by atoms with Crippen molar-refractivity contribution in [3.63, 3.8) is 0 Å². The van der Waals surface area contributed by atoms with Gasteiger partial charge in [-0.3, -0.25) is 9.59 Å². The summed E-state index contributed by atoms with van der Waals surface area (Å²) >= 11 is 1.14. The van der Waals surface area contributed by atoms with Crippen molar-refractivity contribution >= 4 is 39.3 Å². The lowest BCUT2D eigenvalue weighted by Gasteiger charge is -2.33. The molecule has 2 aliphatic heterocycles. The zero-order chi connectivity index (χ0) is 22.9. The number of carbonyl (C=O) groups is 2. The van der Waals surface area contributed by atoms with Crippen molar-refractivity contribution in [3.8, 4) is 0 Å². The molecular weight excluding hydrogens is 453 g/mol. The molecule has 4 rings (SSSR count).